The van der Waals surface area contributed by atoms with E-state index in [0.29, 0.717) is 53.6 Å². The normalized spacial score (nSPS) is 18.7. The van der Waals surface area contributed by atoms with E-state index in [1.165, 1.54) is 6.07 Å². The Bertz CT molecular complexity index is 1110. The largest absolute Gasteiger partial charge is 0.491 e. The van der Waals surface area contributed by atoms with Crippen molar-refractivity contribution in [3.8, 4) is 17.1 Å². The van der Waals surface area contributed by atoms with Crippen molar-refractivity contribution in [3.05, 3.63) is 63.8 Å². The smallest absolute Gasteiger partial charge is 0.306 e. The highest BCUT2D eigenvalue weighted by atomic mass is 35.5. The van der Waals surface area contributed by atoms with Gasteiger partial charge in [-0.25, -0.2) is 0 Å². The van der Waals surface area contributed by atoms with Crippen molar-refractivity contribution in [1.82, 2.24) is 0 Å². The van der Waals surface area contributed by atoms with Crippen LogP contribution in [-0.2, 0) is 9.53 Å². The van der Waals surface area contributed by atoms with E-state index < -0.39 is 5.97 Å². The Morgan fingerprint density at radius 1 is 1.06 bits per heavy atom. The first-order valence-corrected chi connectivity index (χ1v) is 10.7. The number of hydrogen-bond donors (Lipinski definition) is 1. The topological polar surface area (TPSA) is 86.0 Å². The van der Waals surface area contributed by atoms with Crippen LogP contribution in [0.3, 0.4) is 0 Å². The molecule has 0 spiro atoms. The summed E-state index contributed by atoms with van der Waals surface area (Å²) in [7, 11) is 0. The maximum Gasteiger partial charge on any atom is 0.306 e. The molecule has 2 aromatic carbocycles. The van der Waals surface area contributed by atoms with Crippen molar-refractivity contribution in [2.45, 2.75) is 31.8 Å². The predicted octanol–water partition coefficient (Wildman–Crippen LogP) is 5.15. The average molecular weight is 443 g/mol. The maximum absolute atomic E-state index is 12.4. The van der Waals surface area contributed by atoms with Gasteiger partial charge in [-0.2, -0.15) is 0 Å². The molecule has 0 bridgehead atoms. The molecule has 1 aromatic heterocycles. The van der Waals surface area contributed by atoms with Gasteiger partial charge in [0.15, 0.2) is 11.0 Å². The fourth-order valence-electron chi connectivity index (χ4n) is 3.85. The van der Waals surface area contributed by atoms with Crippen LogP contribution in [0.25, 0.3) is 22.3 Å². The van der Waals surface area contributed by atoms with E-state index in [-0.39, 0.29) is 17.5 Å². The van der Waals surface area contributed by atoms with Crippen molar-refractivity contribution in [3.63, 3.8) is 0 Å². The Morgan fingerprint density at radius 3 is 2.52 bits per heavy atom. The molecule has 6 nitrogen and oxygen atoms in total. The highest BCUT2D eigenvalue weighted by Crippen LogP contribution is 2.28. The summed E-state index contributed by atoms with van der Waals surface area (Å²) in [4.78, 5) is 23.4. The minimum absolute atomic E-state index is 0.101. The van der Waals surface area contributed by atoms with Crippen LogP contribution in [0.5, 0.6) is 5.75 Å². The van der Waals surface area contributed by atoms with Gasteiger partial charge < -0.3 is 19.0 Å². The summed E-state index contributed by atoms with van der Waals surface area (Å²) in [6.07, 6.45) is 2.97. The van der Waals surface area contributed by atoms with Gasteiger partial charge in [0.2, 0.25) is 0 Å². The van der Waals surface area contributed by atoms with Crippen LogP contribution in [0, 0.1) is 5.92 Å². The summed E-state index contributed by atoms with van der Waals surface area (Å²) in [6, 6.07) is 13.8. The molecule has 0 amide bonds. The molecule has 0 saturated heterocycles. The van der Waals surface area contributed by atoms with E-state index in [4.69, 9.17) is 30.6 Å². The van der Waals surface area contributed by atoms with Crippen molar-refractivity contribution >= 4 is 28.5 Å². The maximum atomic E-state index is 12.4. The lowest BCUT2D eigenvalue weighted by atomic mass is 9.87. The van der Waals surface area contributed by atoms with Crippen LogP contribution < -0.4 is 10.2 Å². The van der Waals surface area contributed by atoms with Crippen LogP contribution in [0.1, 0.15) is 25.7 Å². The monoisotopic (exact) mass is 442 g/mol. The lowest BCUT2D eigenvalue weighted by molar-refractivity contribution is -0.143. The van der Waals surface area contributed by atoms with E-state index >= 15 is 0 Å². The molecule has 1 aliphatic carbocycles. The van der Waals surface area contributed by atoms with Crippen molar-refractivity contribution in [1.29, 1.82) is 0 Å². The predicted molar refractivity (Wildman–Crippen MR) is 118 cm³/mol. The molecule has 0 radical (unpaired) electrons. The third kappa shape index (κ3) is 5.09. The highest BCUT2D eigenvalue weighted by molar-refractivity contribution is 6.34. The third-order valence-corrected chi connectivity index (χ3v) is 5.87. The molecule has 3 aromatic rings. The van der Waals surface area contributed by atoms with Gasteiger partial charge in [-0.15, -0.1) is 0 Å². The molecule has 1 aliphatic rings. The second kappa shape index (κ2) is 9.54. The van der Waals surface area contributed by atoms with Gasteiger partial charge >= 0.3 is 5.97 Å². The Morgan fingerprint density at radius 2 is 1.81 bits per heavy atom. The van der Waals surface area contributed by atoms with Gasteiger partial charge in [0.25, 0.3) is 0 Å². The van der Waals surface area contributed by atoms with Crippen LogP contribution in [-0.4, -0.2) is 30.4 Å². The molecule has 1 heterocycles. The summed E-state index contributed by atoms with van der Waals surface area (Å²) in [6.45, 7) is 0.848. The molecule has 1 saturated carbocycles. The Balaban J connectivity index is 1.31. The number of carboxylic acids is 1. The van der Waals surface area contributed by atoms with Crippen LogP contribution in [0.15, 0.2) is 57.7 Å². The lowest BCUT2D eigenvalue weighted by Gasteiger charge is -2.26. The van der Waals surface area contributed by atoms with Crippen molar-refractivity contribution in [2.75, 3.05) is 13.2 Å². The fraction of sp³-hybridized carbons (Fsp3) is 0.333. The molecule has 4 rings (SSSR count). The zero-order valence-corrected chi connectivity index (χ0v) is 17.6. The van der Waals surface area contributed by atoms with Crippen molar-refractivity contribution in [2.24, 2.45) is 5.92 Å². The first kappa shape index (κ1) is 21.4. The molecular weight excluding hydrogens is 420 g/mol. The second-order valence-corrected chi connectivity index (χ2v) is 8.05. The van der Waals surface area contributed by atoms with E-state index in [9.17, 15) is 9.59 Å². The highest BCUT2D eigenvalue weighted by Gasteiger charge is 2.26. The van der Waals surface area contributed by atoms with Gasteiger partial charge in [0, 0.05) is 11.6 Å². The number of benzene rings is 2. The number of carboxylic acid groups (broad SMARTS) is 1. The average Bonchev–Trinajstić information content (AvgIpc) is 2.78. The molecule has 162 valence electrons. The molecule has 0 unspecified atom stereocenters. The Labute approximate surface area is 184 Å². The van der Waals surface area contributed by atoms with E-state index in [0.717, 1.165) is 18.4 Å². The Hall–Kier alpha value is -2.83. The quantitative estimate of drug-likeness (QED) is 0.509. The molecule has 7 heteroatoms. The first-order valence-electron chi connectivity index (χ1n) is 10.3. The minimum Gasteiger partial charge on any atom is -0.491 e. The fourth-order valence-corrected chi connectivity index (χ4v) is 4.06. The Kier molecular flexibility index (Phi) is 6.59. The zero-order chi connectivity index (χ0) is 21.8. The lowest BCUT2D eigenvalue weighted by Crippen LogP contribution is -2.27. The van der Waals surface area contributed by atoms with Gasteiger partial charge in [-0.05, 0) is 62.1 Å². The summed E-state index contributed by atoms with van der Waals surface area (Å²) in [5.74, 6) is 0.175. The minimum atomic E-state index is -0.712. The van der Waals surface area contributed by atoms with Crippen LogP contribution in [0.2, 0.25) is 5.02 Å². The molecule has 0 aliphatic heterocycles. The number of ether oxygens (including phenoxy) is 2. The summed E-state index contributed by atoms with van der Waals surface area (Å²) < 4.78 is 17.4. The van der Waals surface area contributed by atoms with Gasteiger partial charge in [0.05, 0.1) is 29.0 Å². The molecule has 31 heavy (non-hydrogen) atoms. The molecule has 1 fully saturated rings. The second-order valence-electron chi connectivity index (χ2n) is 7.65. The zero-order valence-electron chi connectivity index (χ0n) is 16.9. The molecule has 1 N–H and O–H groups in total. The number of carbonyl (C=O) groups is 1. The van der Waals surface area contributed by atoms with Crippen LogP contribution >= 0.6 is 11.6 Å². The summed E-state index contributed by atoms with van der Waals surface area (Å²) in [5.41, 5.74) is 0.979. The van der Waals surface area contributed by atoms with E-state index in [1.807, 2.05) is 24.3 Å². The standard InChI is InChI=1S/C24H23ClO6/c25-20-3-1-2-19-21(26)14-22(31-23(19)20)15-4-8-17(9-5-15)29-12-13-30-18-10-6-16(7-11-18)24(27)28/h1-5,8-9,14,16,18H,6-7,10-13H2,(H,27,28). The molecular formula is C24H23ClO6. The molecule has 0 atom stereocenters. The van der Waals surface area contributed by atoms with E-state index in [1.54, 1.807) is 18.2 Å². The summed E-state index contributed by atoms with van der Waals surface area (Å²) in [5, 5.41) is 9.89. The van der Waals surface area contributed by atoms with Gasteiger partial charge in [-0.3, -0.25) is 9.59 Å². The van der Waals surface area contributed by atoms with Gasteiger partial charge in [0.1, 0.15) is 18.1 Å². The SMILES string of the molecule is O=C(O)C1CCC(OCCOc2ccc(-c3cc(=O)c4cccc(Cl)c4o3)cc2)CC1. The first-order chi connectivity index (χ1) is 15.0. The number of hydrogen-bond acceptors (Lipinski definition) is 5. The van der Waals surface area contributed by atoms with Gasteiger partial charge in [-0.1, -0.05) is 17.7 Å². The van der Waals surface area contributed by atoms with Crippen molar-refractivity contribution < 1.29 is 23.8 Å². The number of para-hydroxylation sites is 1. The van der Waals surface area contributed by atoms with E-state index in [2.05, 4.69) is 0 Å². The number of aliphatic carboxylic acids is 1. The number of fused-ring (bicyclic) bond motifs is 1. The third-order valence-electron chi connectivity index (χ3n) is 5.57. The summed E-state index contributed by atoms with van der Waals surface area (Å²) >= 11 is 6.17. The van der Waals surface area contributed by atoms with Crippen LogP contribution in [0.4, 0.5) is 0 Å². The number of rotatable bonds is 7. The number of halogens is 1.